The Morgan fingerprint density at radius 2 is 1.94 bits per heavy atom. The highest BCUT2D eigenvalue weighted by Crippen LogP contribution is 2.23. The summed E-state index contributed by atoms with van der Waals surface area (Å²) in [5.41, 5.74) is -0.401. The summed E-state index contributed by atoms with van der Waals surface area (Å²) in [5.74, 6) is -0.579. The SMILES string of the molecule is CCc1cc(Br)ccc1-n1c(O)c(C=NC[C@@H](O)c2ccc([N+](=O)[O-])cc2)c(=O)[nH]c1=O. The maximum absolute atomic E-state index is 12.4. The summed E-state index contributed by atoms with van der Waals surface area (Å²) in [7, 11) is 0. The van der Waals surface area contributed by atoms with Gasteiger partial charge in [-0.15, -0.1) is 0 Å². The summed E-state index contributed by atoms with van der Waals surface area (Å²) in [4.78, 5) is 41.0. The first-order chi connectivity index (χ1) is 15.2. The largest absolute Gasteiger partial charge is 0.493 e. The number of aliphatic hydroxyl groups excluding tert-OH is 1. The van der Waals surface area contributed by atoms with Gasteiger partial charge < -0.3 is 10.2 Å². The fourth-order valence-electron chi connectivity index (χ4n) is 3.10. The highest BCUT2D eigenvalue weighted by atomic mass is 79.9. The number of benzene rings is 2. The Morgan fingerprint density at radius 3 is 2.56 bits per heavy atom. The number of halogens is 1. The van der Waals surface area contributed by atoms with Crippen molar-refractivity contribution in [2.75, 3.05) is 6.54 Å². The topological polar surface area (TPSA) is 151 Å². The second kappa shape index (κ2) is 9.71. The molecule has 0 saturated carbocycles. The zero-order chi connectivity index (χ0) is 23.4. The number of rotatable bonds is 7. The van der Waals surface area contributed by atoms with Gasteiger partial charge in [0.1, 0.15) is 5.56 Å². The smallest absolute Gasteiger partial charge is 0.335 e. The van der Waals surface area contributed by atoms with Crippen molar-refractivity contribution in [1.29, 1.82) is 0 Å². The van der Waals surface area contributed by atoms with E-state index in [4.69, 9.17) is 0 Å². The molecule has 3 aromatic rings. The average molecular weight is 503 g/mol. The van der Waals surface area contributed by atoms with Gasteiger partial charge in [0.05, 0.1) is 23.3 Å². The summed E-state index contributed by atoms with van der Waals surface area (Å²) in [6.07, 6.45) is 0.561. The van der Waals surface area contributed by atoms with E-state index in [1.54, 1.807) is 18.2 Å². The molecule has 0 spiro atoms. The number of nitro benzene ring substituents is 1. The van der Waals surface area contributed by atoms with Gasteiger partial charge in [-0.1, -0.05) is 22.9 Å². The molecule has 1 aromatic heterocycles. The first-order valence-corrected chi connectivity index (χ1v) is 10.3. The molecule has 0 bridgehead atoms. The lowest BCUT2D eigenvalue weighted by Crippen LogP contribution is -2.31. The molecule has 0 saturated heterocycles. The summed E-state index contributed by atoms with van der Waals surface area (Å²) in [6, 6.07) is 10.5. The number of non-ortho nitro benzene ring substituents is 1. The van der Waals surface area contributed by atoms with Crippen molar-refractivity contribution in [3.63, 3.8) is 0 Å². The van der Waals surface area contributed by atoms with Crippen LogP contribution >= 0.6 is 15.9 Å². The molecule has 0 fully saturated rings. The quantitative estimate of drug-likeness (QED) is 0.256. The number of aromatic amines is 1. The molecular formula is C21H19BrN4O6. The molecule has 1 atom stereocenters. The lowest BCUT2D eigenvalue weighted by atomic mass is 10.1. The molecule has 10 nitrogen and oxygen atoms in total. The number of aliphatic imine (C=N–C) groups is 1. The molecule has 0 aliphatic carbocycles. The molecule has 2 aromatic carbocycles. The van der Waals surface area contributed by atoms with E-state index in [0.29, 0.717) is 17.7 Å². The molecule has 0 radical (unpaired) electrons. The lowest BCUT2D eigenvalue weighted by molar-refractivity contribution is -0.384. The molecule has 0 aliphatic heterocycles. The monoisotopic (exact) mass is 502 g/mol. The Kier molecular flexibility index (Phi) is 7.01. The number of hydrogen-bond donors (Lipinski definition) is 3. The molecule has 3 N–H and O–H groups in total. The standard InChI is InChI=1S/C21H19BrN4O6/c1-2-12-9-14(22)5-8-17(12)25-20(29)16(19(28)24-21(25)30)10-23-11-18(27)13-3-6-15(7-4-13)26(31)32/h3-10,18,27,29H,2,11H2,1H3,(H,24,28,30)/t18-/m1/s1. The molecule has 3 rings (SSSR count). The van der Waals surface area contributed by atoms with Crippen LogP contribution in [-0.4, -0.2) is 37.4 Å². The predicted molar refractivity (Wildman–Crippen MR) is 122 cm³/mol. The van der Waals surface area contributed by atoms with Crippen molar-refractivity contribution in [2.45, 2.75) is 19.4 Å². The van der Waals surface area contributed by atoms with Gasteiger partial charge in [0, 0.05) is 22.8 Å². The molecule has 1 heterocycles. The molecular weight excluding hydrogens is 484 g/mol. The number of nitrogens with zero attached hydrogens (tertiary/aromatic N) is 3. The van der Waals surface area contributed by atoms with Gasteiger partial charge in [-0.2, -0.15) is 0 Å². The minimum atomic E-state index is -1.09. The Bertz CT molecular complexity index is 1300. The summed E-state index contributed by atoms with van der Waals surface area (Å²) < 4.78 is 1.79. The van der Waals surface area contributed by atoms with Gasteiger partial charge in [-0.25, -0.2) is 9.36 Å². The van der Waals surface area contributed by atoms with Gasteiger partial charge in [-0.05, 0) is 47.9 Å². The van der Waals surface area contributed by atoms with Crippen LogP contribution in [0.4, 0.5) is 5.69 Å². The van der Waals surface area contributed by atoms with Gasteiger partial charge in [0.2, 0.25) is 5.88 Å². The van der Waals surface area contributed by atoms with Crippen molar-refractivity contribution in [2.24, 2.45) is 4.99 Å². The van der Waals surface area contributed by atoms with Gasteiger partial charge in [0.15, 0.2) is 0 Å². The Balaban J connectivity index is 1.91. The number of aromatic hydroxyl groups is 1. The van der Waals surface area contributed by atoms with Crippen LogP contribution in [0.1, 0.15) is 29.7 Å². The number of hydrogen-bond acceptors (Lipinski definition) is 7. The van der Waals surface area contributed by atoms with Crippen LogP contribution in [0.5, 0.6) is 5.88 Å². The zero-order valence-electron chi connectivity index (χ0n) is 16.9. The average Bonchev–Trinajstić information content (AvgIpc) is 2.76. The Labute approximate surface area is 189 Å². The summed E-state index contributed by atoms with van der Waals surface area (Å²) in [5, 5.41) is 31.6. The number of aliphatic hydroxyl groups is 1. The third-order valence-corrected chi connectivity index (χ3v) is 5.26. The summed E-state index contributed by atoms with van der Waals surface area (Å²) >= 11 is 3.36. The van der Waals surface area contributed by atoms with Gasteiger partial charge in [-0.3, -0.25) is 24.9 Å². The third-order valence-electron chi connectivity index (χ3n) is 4.77. The molecule has 0 unspecified atom stereocenters. The second-order valence-corrected chi connectivity index (χ2v) is 7.73. The van der Waals surface area contributed by atoms with Crippen LogP contribution in [0.3, 0.4) is 0 Å². The lowest BCUT2D eigenvalue weighted by Gasteiger charge is -2.14. The van der Waals surface area contributed by atoms with E-state index in [-0.39, 0.29) is 17.8 Å². The number of nitro groups is 1. The van der Waals surface area contributed by atoms with Crippen LogP contribution in [0.15, 0.2) is 61.5 Å². The van der Waals surface area contributed by atoms with Crippen molar-refractivity contribution in [3.05, 3.63) is 94.6 Å². The number of H-pyrrole nitrogens is 1. The maximum atomic E-state index is 12.4. The zero-order valence-corrected chi connectivity index (χ0v) is 18.4. The van der Waals surface area contributed by atoms with Crippen molar-refractivity contribution < 1.29 is 15.1 Å². The molecule has 166 valence electrons. The molecule has 0 amide bonds. The third kappa shape index (κ3) is 4.84. The Hall–Kier alpha value is -3.57. The van der Waals surface area contributed by atoms with Gasteiger partial charge >= 0.3 is 5.69 Å². The van der Waals surface area contributed by atoms with Crippen molar-refractivity contribution in [1.82, 2.24) is 9.55 Å². The maximum Gasteiger partial charge on any atom is 0.335 e. The highest BCUT2D eigenvalue weighted by Gasteiger charge is 2.17. The van der Waals surface area contributed by atoms with Crippen LogP contribution in [0.2, 0.25) is 0 Å². The van der Waals surface area contributed by atoms with E-state index in [0.717, 1.165) is 20.8 Å². The van der Waals surface area contributed by atoms with E-state index >= 15 is 0 Å². The van der Waals surface area contributed by atoms with E-state index in [9.17, 15) is 29.9 Å². The van der Waals surface area contributed by atoms with Crippen molar-refractivity contribution in [3.8, 4) is 11.6 Å². The highest BCUT2D eigenvalue weighted by molar-refractivity contribution is 9.10. The van der Waals surface area contributed by atoms with E-state index in [1.165, 1.54) is 24.3 Å². The summed E-state index contributed by atoms with van der Waals surface area (Å²) in [6.45, 7) is 1.72. The minimum absolute atomic E-state index is 0.109. The van der Waals surface area contributed by atoms with Crippen LogP contribution in [-0.2, 0) is 6.42 Å². The predicted octanol–water partition coefficient (Wildman–Crippen LogP) is 2.62. The second-order valence-electron chi connectivity index (χ2n) is 6.82. The van der Waals surface area contributed by atoms with E-state index < -0.39 is 28.2 Å². The normalized spacial score (nSPS) is 12.2. The molecule has 11 heteroatoms. The van der Waals surface area contributed by atoms with Crippen LogP contribution < -0.4 is 11.2 Å². The van der Waals surface area contributed by atoms with E-state index in [1.807, 2.05) is 6.92 Å². The molecule has 32 heavy (non-hydrogen) atoms. The number of aryl methyl sites for hydroxylation is 1. The Morgan fingerprint density at radius 1 is 1.25 bits per heavy atom. The first-order valence-electron chi connectivity index (χ1n) is 9.52. The van der Waals surface area contributed by atoms with Crippen molar-refractivity contribution >= 4 is 27.8 Å². The number of nitrogens with one attached hydrogen (secondary N) is 1. The molecule has 0 aliphatic rings. The number of aromatic nitrogens is 2. The fraction of sp³-hybridized carbons (Fsp3) is 0.190. The van der Waals surface area contributed by atoms with Gasteiger partial charge in [0.25, 0.3) is 11.2 Å². The first kappa shape index (κ1) is 23.1. The van der Waals surface area contributed by atoms with Crippen LogP contribution in [0, 0.1) is 10.1 Å². The van der Waals surface area contributed by atoms with E-state index in [2.05, 4.69) is 25.9 Å². The minimum Gasteiger partial charge on any atom is -0.493 e. The van der Waals surface area contributed by atoms with Crippen LogP contribution in [0.25, 0.3) is 5.69 Å². The fourth-order valence-corrected chi connectivity index (χ4v) is 3.51.